The van der Waals surface area contributed by atoms with Crippen molar-refractivity contribution in [1.82, 2.24) is 0 Å². The summed E-state index contributed by atoms with van der Waals surface area (Å²) in [6.45, 7) is 13.2. The van der Waals surface area contributed by atoms with Crippen molar-refractivity contribution in [3.63, 3.8) is 0 Å². The van der Waals surface area contributed by atoms with Gasteiger partial charge in [-0.1, -0.05) is 41.5 Å². The SMILES string of the molecule is C[CH2][Al].C[CH2][Al].C[CH2][Al][CH2]C.C[CH2][Al][CH2]C.Cl.Cl.Cl.Cl.Cl. The van der Waals surface area contributed by atoms with Gasteiger partial charge in [-0.2, -0.15) is 0 Å². The fraction of sp³-hybridized carbons (Fsp3) is 1.00. The van der Waals surface area contributed by atoms with Gasteiger partial charge in [0, 0.05) is 0 Å². The van der Waals surface area contributed by atoms with E-state index in [1.54, 1.807) is 0 Å². The lowest BCUT2D eigenvalue weighted by Crippen LogP contribution is -1.76. The Kier molecular flexibility index (Phi) is 240. The molecule has 0 fully saturated rings. The standard InChI is InChI=1S/6C2H5.4Al.5ClH/c6*1-2;;;;;;;;;/h6*1H2,2H3;;;;;5*1H. The van der Waals surface area contributed by atoms with Crippen LogP contribution < -0.4 is 0 Å². The highest BCUT2D eigenvalue weighted by molar-refractivity contribution is 6.35. The Balaban J connectivity index is -0.0000000124. The summed E-state index contributed by atoms with van der Waals surface area (Å²) >= 11 is 6.79. The summed E-state index contributed by atoms with van der Waals surface area (Å²) in [5.74, 6) is 0. The molecule has 0 aromatic carbocycles. The van der Waals surface area contributed by atoms with E-state index in [1.165, 1.54) is 31.7 Å². The van der Waals surface area contributed by atoms with Crippen molar-refractivity contribution in [2.75, 3.05) is 0 Å². The number of rotatable bonds is 4. The average Bonchev–Trinajstić information content (AvgIpc) is 2.23. The van der Waals surface area contributed by atoms with Crippen LogP contribution in [0.4, 0.5) is 0 Å². The van der Waals surface area contributed by atoms with E-state index in [9.17, 15) is 0 Å². The first-order valence-electron chi connectivity index (χ1n) is 6.69. The molecule has 0 aliphatic heterocycles. The quantitative estimate of drug-likeness (QED) is 0.421. The van der Waals surface area contributed by atoms with Crippen LogP contribution in [0, 0.1) is 0 Å². The topological polar surface area (TPSA) is 0 Å². The van der Waals surface area contributed by atoms with E-state index >= 15 is 0 Å². The minimum absolute atomic E-state index is 0. The van der Waals surface area contributed by atoms with Gasteiger partial charge in [0.1, 0.15) is 32.6 Å². The predicted octanol–water partition coefficient (Wildman–Crippen LogP) is 6.43. The van der Waals surface area contributed by atoms with Gasteiger partial charge in [0.25, 0.3) is 0 Å². The molecule has 0 saturated heterocycles. The van der Waals surface area contributed by atoms with Gasteiger partial charge in [-0.3, -0.25) is 0 Å². The Labute approximate surface area is 196 Å². The lowest BCUT2D eigenvalue weighted by Gasteiger charge is -1.74. The number of halogens is 5. The fourth-order valence-corrected chi connectivity index (χ4v) is 1.73. The largest absolute Gasteiger partial charge is 0.198 e. The second kappa shape index (κ2) is 89.7. The molecule has 0 rings (SSSR count). The van der Waals surface area contributed by atoms with Gasteiger partial charge in [0.15, 0.2) is 30.4 Å². The fourth-order valence-electron chi connectivity index (χ4n) is 0.577. The molecular weight excluding hydrogens is 429 g/mol. The molecule has 0 aliphatic rings. The van der Waals surface area contributed by atoms with Gasteiger partial charge in [0.05, 0.1) is 0 Å². The van der Waals surface area contributed by atoms with Crippen LogP contribution in [0.5, 0.6) is 0 Å². The summed E-state index contributed by atoms with van der Waals surface area (Å²) < 4.78 is 0. The summed E-state index contributed by atoms with van der Waals surface area (Å²) in [7, 11) is 0. The molecule has 0 amide bonds. The summed E-state index contributed by atoms with van der Waals surface area (Å²) in [5, 5.41) is 8.04. The minimum Gasteiger partial charge on any atom is -0.147 e. The second-order valence-electron chi connectivity index (χ2n) is 3.03. The van der Waals surface area contributed by atoms with Gasteiger partial charge in [-0.15, -0.1) is 93.7 Å². The third-order valence-corrected chi connectivity index (χ3v) is 3.46. The first-order chi connectivity index (χ1) is 7.66. The molecule has 0 spiro atoms. The van der Waals surface area contributed by atoms with E-state index in [-0.39, 0.29) is 62.0 Å². The normalized spacial score (nSPS) is 5.24. The molecule has 0 heterocycles. The van der Waals surface area contributed by atoms with E-state index < -0.39 is 0 Å². The molecule has 21 heavy (non-hydrogen) atoms. The van der Waals surface area contributed by atoms with Crippen LogP contribution in [0.15, 0.2) is 0 Å². The zero-order valence-corrected chi connectivity index (χ0v) is 23.3. The summed E-state index contributed by atoms with van der Waals surface area (Å²) in [6, 6.07) is 0. The number of hydrogen-bond donors (Lipinski definition) is 0. The zero-order chi connectivity index (χ0) is 13.7. The smallest absolute Gasteiger partial charge is 0.147 e. The Hall–Kier alpha value is 3.58. The van der Waals surface area contributed by atoms with Crippen molar-refractivity contribution in [3.8, 4) is 0 Å². The highest BCUT2D eigenvalue weighted by Crippen LogP contribution is 1.77. The predicted molar refractivity (Wildman–Crippen MR) is 122 cm³/mol. The summed E-state index contributed by atoms with van der Waals surface area (Å²) in [5.41, 5.74) is 0. The third-order valence-electron chi connectivity index (χ3n) is 1.15. The molecule has 0 aliphatic carbocycles. The van der Waals surface area contributed by atoms with Crippen molar-refractivity contribution >= 4 is 125 Å². The Bertz CT molecular complexity index is 65.6. The first-order valence-corrected chi connectivity index (χ1v) is 11.6. The van der Waals surface area contributed by atoms with Gasteiger partial charge in [0.2, 0.25) is 0 Å². The number of hydrogen-bond acceptors (Lipinski definition) is 0. The van der Waals surface area contributed by atoms with Crippen LogP contribution in [-0.4, -0.2) is 63.0 Å². The van der Waals surface area contributed by atoms with Crippen LogP contribution >= 0.6 is 62.0 Å². The maximum absolute atomic E-state index is 2.58. The van der Waals surface area contributed by atoms with Gasteiger partial charge in [-0.25, -0.2) is 0 Å². The molecule has 6 radical (unpaired) electrons. The molecular formula is C12H35Al4Cl5. The lowest BCUT2D eigenvalue weighted by molar-refractivity contribution is 1.36. The molecule has 0 aromatic heterocycles. The first kappa shape index (κ1) is 56.3. The summed E-state index contributed by atoms with van der Waals surface area (Å²) in [6.07, 6.45) is 0. The van der Waals surface area contributed by atoms with Gasteiger partial charge >= 0.3 is 0 Å². The Morgan fingerprint density at radius 3 is 0.571 bits per heavy atom. The zero-order valence-electron chi connectivity index (χ0n) is 14.6. The van der Waals surface area contributed by atoms with Crippen molar-refractivity contribution in [2.45, 2.75) is 73.2 Å². The van der Waals surface area contributed by atoms with Gasteiger partial charge < -0.3 is 0 Å². The van der Waals surface area contributed by atoms with Crippen LogP contribution in [0.3, 0.4) is 0 Å². The van der Waals surface area contributed by atoms with E-state index in [0.29, 0.717) is 0 Å². The maximum Gasteiger partial charge on any atom is 0.198 e. The summed E-state index contributed by atoms with van der Waals surface area (Å²) in [4.78, 5) is 0. The highest BCUT2D eigenvalue weighted by atomic mass is 35.5. The van der Waals surface area contributed by atoms with E-state index in [1.807, 2.05) is 0 Å². The molecule has 0 nitrogen and oxygen atoms in total. The van der Waals surface area contributed by atoms with Crippen molar-refractivity contribution in [2.24, 2.45) is 0 Å². The molecule has 130 valence electrons. The second-order valence-corrected chi connectivity index (χ2v) is 9.08. The van der Waals surface area contributed by atoms with E-state index in [0.717, 1.165) is 30.4 Å². The van der Waals surface area contributed by atoms with Crippen LogP contribution in [0.25, 0.3) is 0 Å². The lowest BCUT2D eigenvalue weighted by atomic mass is 10.9. The molecule has 0 unspecified atom stereocenters. The monoisotopic (exact) mass is 462 g/mol. The Morgan fingerprint density at radius 2 is 0.571 bits per heavy atom. The third kappa shape index (κ3) is 191. The van der Waals surface area contributed by atoms with E-state index in [4.69, 9.17) is 0 Å². The van der Waals surface area contributed by atoms with Gasteiger partial charge in [-0.05, 0) is 0 Å². The molecule has 9 heteroatoms. The average molecular weight is 465 g/mol. The minimum atomic E-state index is 0. The molecule has 0 saturated carbocycles. The van der Waals surface area contributed by atoms with Crippen molar-refractivity contribution in [1.29, 1.82) is 0 Å². The Morgan fingerprint density at radius 1 is 0.476 bits per heavy atom. The molecule has 0 N–H and O–H groups in total. The van der Waals surface area contributed by atoms with Crippen molar-refractivity contribution < 1.29 is 0 Å². The molecule has 0 aromatic rings. The van der Waals surface area contributed by atoms with E-state index in [2.05, 4.69) is 74.1 Å². The van der Waals surface area contributed by atoms with Crippen LogP contribution in [0.1, 0.15) is 41.5 Å². The van der Waals surface area contributed by atoms with Crippen LogP contribution in [0.2, 0.25) is 31.7 Å². The van der Waals surface area contributed by atoms with Crippen LogP contribution in [-0.2, 0) is 0 Å². The van der Waals surface area contributed by atoms with Crippen molar-refractivity contribution in [3.05, 3.63) is 0 Å². The highest BCUT2D eigenvalue weighted by Gasteiger charge is 1.75. The molecule has 0 atom stereocenters. The molecule has 0 bridgehead atoms. The maximum atomic E-state index is 2.58.